The third-order valence-corrected chi connectivity index (χ3v) is 9.86. The summed E-state index contributed by atoms with van der Waals surface area (Å²) in [5.41, 5.74) is 0.0373. The molecule has 3 fully saturated rings. The Hall–Kier alpha value is -2.42. The van der Waals surface area contributed by atoms with Crippen LogP contribution < -0.4 is 5.32 Å². The van der Waals surface area contributed by atoms with Crippen LogP contribution in [0.4, 0.5) is 0 Å². The van der Waals surface area contributed by atoms with Crippen molar-refractivity contribution in [1.82, 2.24) is 24.9 Å². The van der Waals surface area contributed by atoms with Crippen molar-refractivity contribution in [3.05, 3.63) is 11.6 Å². The number of piperidine rings is 1. The van der Waals surface area contributed by atoms with Crippen molar-refractivity contribution in [3.8, 4) is 0 Å². The molecule has 4 amide bonds. The molecule has 3 heterocycles. The molecule has 250 valence electrons. The first kappa shape index (κ1) is 36.1. The van der Waals surface area contributed by atoms with E-state index in [1.807, 2.05) is 45.6 Å². The van der Waals surface area contributed by atoms with Crippen LogP contribution >= 0.6 is 0 Å². The van der Waals surface area contributed by atoms with E-state index in [-0.39, 0.29) is 47.7 Å². The highest BCUT2D eigenvalue weighted by molar-refractivity contribution is 5.97. The monoisotopic (exact) mass is 615 g/mol. The number of hydrogen-bond acceptors (Lipinski definition) is 5. The Morgan fingerprint density at radius 1 is 0.818 bits per heavy atom. The van der Waals surface area contributed by atoms with Gasteiger partial charge in [0.05, 0.1) is 12.1 Å². The molecule has 3 rings (SSSR count). The lowest BCUT2D eigenvalue weighted by Crippen LogP contribution is -2.60. The Kier molecular flexibility index (Phi) is 12.9. The van der Waals surface area contributed by atoms with Crippen LogP contribution in [0, 0.1) is 11.3 Å². The lowest BCUT2D eigenvalue weighted by molar-refractivity contribution is -0.142. The van der Waals surface area contributed by atoms with E-state index in [0.29, 0.717) is 18.5 Å². The number of carbonyl (C=O) groups is 4. The minimum Gasteiger partial charge on any atom is -0.342 e. The van der Waals surface area contributed by atoms with Crippen molar-refractivity contribution in [1.29, 1.82) is 0 Å². The number of carbonyl (C=O) groups excluding carboxylic acids is 4. The van der Waals surface area contributed by atoms with Crippen LogP contribution in [0.2, 0.25) is 0 Å². The van der Waals surface area contributed by atoms with E-state index in [2.05, 4.69) is 24.1 Å². The molecule has 1 N–H and O–H groups in total. The molecule has 3 aliphatic heterocycles. The Morgan fingerprint density at radius 2 is 1.41 bits per heavy atom. The highest BCUT2D eigenvalue weighted by Crippen LogP contribution is 2.27. The van der Waals surface area contributed by atoms with Crippen molar-refractivity contribution in [3.63, 3.8) is 0 Å². The Morgan fingerprint density at radius 3 is 1.98 bits per heavy atom. The summed E-state index contributed by atoms with van der Waals surface area (Å²) in [6.45, 7) is 19.1. The second-order valence-electron chi connectivity index (χ2n) is 15.1. The molecule has 0 aliphatic carbocycles. The molecule has 0 aromatic carbocycles. The molecule has 3 aliphatic rings. The van der Waals surface area contributed by atoms with E-state index >= 15 is 0 Å². The maximum atomic E-state index is 14.1. The molecular formula is C35H61N5O4. The largest absolute Gasteiger partial charge is 0.342 e. The number of nitrogens with one attached hydrogen (secondary N) is 1. The second kappa shape index (κ2) is 15.7. The summed E-state index contributed by atoms with van der Waals surface area (Å²) < 4.78 is 0. The van der Waals surface area contributed by atoms with E-state index in [1.54, 1.807) is 23.8 Å². The van der Waals surface area contributed by atoms with Crippen molar-refractivity contribution >= 4 is 23.6 Å². The van der Waals surface area contributed by atoms with Crippen LogP contribution in [0.3, 0.4) is 0 Å². The van der Waals surface area contributed by atoms with Gasteiger partial charge in [0.25, 0.3) is 0 Å². The molecule has 9 nitrogen and oxygen atoms in total. The zero-order chi connectivity index (χ0) is 32.8. The van der Waals surface area contributed by atoms with Crippen molar-refractivity contribution in [2.75, 3.05) is 33.2 Å². The van der Waals surface area contributed by atoms with Gasteiger partial charge < -0.3 is 20.0 Å². The third-order valence-electron chi connectivity index (χ3n) is 9.86. The van der Waals surface area contributed by atoms with Crippen molar-refractivity contribution in [2.24, 2.45) is 11.3 Å². The topological polar surface area (TPSA) is 93.3 Å². The summed E-state index contributed by atoms with van der Waals surface area (Å²) in [6.07, 6.45) is 10.6. The molecular weight excluding hydrogens is 554 g/mol. The lowest BCUT2D eigenvalue weighted by Gasteiger charge is -2.41. The average Bonchev–Trinajstić information content (AvgIpc) is 3.30. The second-order valence-corrected chi connectivity index (χ2v) is 15.1. The number of hydrogen-bond donors (Lipinski definition) is 1. The predicted octanol–water partition coefficient (Wildman–Crippen LogP) is 4.60. The molecule has 3 saturated heterocycles. The normalized spacial score (nSPS) is 23.8. The summed E-state index contributed by atoms with van der Waals surface area (Å²) in [5, 5.41) is 3.15. The summed E-state index contributed by atoms with van der Waals surface area (Å²) in [6, 6.07) is -1.46. The van der Waals surface area contributed by atoms with Gasteiger partial charge in [0.15, 0.2) is 0 Å². The summed E-state index contributed by atoms with van der Waals surface area (Å²) in [4.78, 5) is 62.7. The highest BCUT2D eigenvalue weighted by atomic mass is 16.2. The Balaban J connectivity index is 1.77. The molecule has 0 aromatic rings. The maximum Gasteiger partial charge on any atom is 0.249 e. The minimum atomic E-state index is -0.712. The SMILES string of the molecule is C/C(=C\C(C(C)C)N(C)C(=O)C(NC(=O)[C@H]1CCCCN1C(C)C)C(C)(C)C)C(=O)N1CCCC1C(=O)N1CCCCCC1. The quantitative estimate of drug-likeness (QED) is 0.383. The molecule has 44 heavy (non-hydrogen) atoms. The van der Waals surface area contributed by atoms with Gasteiger partial charge in [-0.15, -0.1) is 0 Å². The van der Waals surface area contributed by atoms with Gasteiger partial charge in [-0.1, -0.05) is 60.0 Å². The molecule has 0 saturated carbocycles. The van der Waals surface area contributed by atoms with E-state index in [4.69, 9.17) is 0 Å². The molecule has 3 unspecified atom stereocenters. The fraction of sp³-hybridized carbons (Fsp3) is 0.829. The predicted molar refractivity (Wildman–Crippen MR) is 176 cm³/mol. The van der Waals surface area contributed by atoms with Gasteiger partial charge in [-0.2, -0.15) is 0 Å². The van der Waals surface area contributed by atoms with Crippen LogP contribution in [0.1, 0.15) is 113 Å². The fourth-order valence-electron chi connectivity index (χ4n) is 7.16. The molecule has 0 aromatic heterocycles. The minimum absolute atomic E-state index is 0.0332. The molecule has 9 heteroatoms. The van der Waals surface area contributed by atoms with Gasteiger partial charge in [0, 0.05) is 38.3 Å². The summed E-state index contributed by atoms with van der Waals surface area (Å²) in [5.74, 6) is -0.267. The van der Waals surface area contributed by atoms with Gasteiger partial charge in [0.2, 0.25) is 23.6 Å². The summed E-state index contributed by atoms with van der Waals surface area (Å²) in [7, 11) is 1.77. The number of likely N-dealkylation sites (N-methyl/N-ethyl adjacent to an activating group) is 1. The van der Waals surface area contributed by atoms with E-state index in [1.165, 1.54) is 0 Å². The third kappa shape index (κ3) is 8.85. The molecule has 0 bridgehead atoms. The van der Waals surface area contributed by atoms with Crippen LogP contribution in [-0.2, 0) is 19.2 Å². The van der Waals surface area contributed by atoms with Gasteiger partial charge in [-0.3, -0.25) is 24.1 Å². The highest BCUT2D eigenvalue weighted by Gasteiger charge is 2.41. The van der Waals surface area contributed by atoms with Gasteiger partial charge in [-0.25, -0.2) is 0 Å². The van der Waals surface area contributed by atoms with Crippen LogP contribution in [0.25, 0.3) is 0 Å². The Labute approximate surface area is 267 Å². The number of rotatable bonds is 9. The first-order chi connectivity index (χ1) is 20.6. The first-order valence-electron chi connectivity index (χ1n) is 17.3. The molecule has 4 atom stereocenters. The first-order valence-corrected chi connectivity index (χ1v) is 17.3. The van der Waals surface area contributed by atoms with Crippen LogP contribution in [0.15, 0.2) is 11.6 Å². The fourth-order valence-corrected chi connectivity index (χ4v) is 7.16. The zero-order valence-corrected chi connectivity index (χ0v) is 29.2. The summed E-state index contributed by atoms with van der Waals surface area (Å²) >= 11 is 0. The lowest BCUT2D eigenvalue weighted by atomic mass is 9.84. The molecule has 0 radical (unpaired) electrons. The van der Waals surface area contributed by atoms with E-state index < -0.39 is 17.5 Å². The standard InChI is InChI=1S/C35H61N5O4/c1-24(2)29(23-26(5)32(42)40-22-16-18-28(40)33(43)38-19-13-10-11-14-20-38)37(9)34(44)30(35(6,7)8)36-31(41)27-17-12-15-21-39(27)25(3)4/h23-25,27-30H,10-22H2,1-9H3,(H,36,41)/b26-23+/t27-,28?,29?,30?/m1/s1. The number of amides is 4. The average molecular weight is 616 g/mol. The van der Waals surface area contributed by atoms with Crippen molar-refractivity contribution in [2.45, 2.75) is 143 Å². The van der Waals surface area contributed by atoms with E-state index in [9.17, 15) is 19.2 Å². The van der Waals surface area contributed by atoms with E-state index in [0.717, 1.165) is 71.0 Å². The number of likely N-dealkylation sites (tertiary alicyclic amines) is 3. The zero-order valence-electron chi connectivity index (χ0n) is 29.2. The van der Waals surface area contributed by atoms with Crippen molar-refractivity contribution < 1.29 is 19.2 Å². The van der Waals surface area contributed by atoms with Crippen LogP contribution in [-0.4, -0.2) is 107 Å². The maximum absolute atomic E-state index is 14.1. The smallest absolute Gasteiger partial charge is 0.249 e. The van der Waals surface area contributed by atoms with Gasteiger partial charge in [-0.05, 0) is 77.2 Å². The van der Waals surface area contributed by atoms with Crippen LogP contribution in [0.5, 0.6) is 0 Å². The Bertz CT molecular complexity index is 1040. The van der Waals surface area contributed by atoms with Gasteiger partial charge >= 0.3 is 0 Å². The number of nitrogens with zero attached hydrogens (tertiary/aromatic N) is 4. The van der Waals surface area contributed by atoms with Gasteiger partial charge in [0.1, 0.15) is 12.1 Å². The molecule has 0 spiro atoms.